The molecule has 0 aliphatic carbocycles. The van der Waals surface area contributed by atoms with Crippen molar-refractivity contribution in [1.82, 2.24) is 4.90 Å². The average Bonchev–Trinajstić information content (AvgIpc) is 3.18. The summed E-state index contributed by atoms with van der Waals surface area (Å²) in [6.45, 7) is 3.64. The fourth-order valence-corrected chi connectivity index (χ4v) is 5.88. The Balaban J connectivity index is 1.44. The van der Waals surface area contributed by atoms with Gasteiger partial charge in [0.05, 0.1) is 16.5 Å². The Morgan fingerprint density at radius 3 is 2.62 bits per heavy atom. The van der Waals surface area contributed by atoms with E-state index in [9.17, 15) is 18.0 Å². The molecule has 8 heteroatoms. The quantitative estimate of drug-likeness (QED) is 0.693. The lowest BCUT2D eigenvalue weighted by molar-refractivity contribution is -0.128. The normalized spacial score (nSPS) is 18.5. The lowest BCUT2D eigenvalue weighted by atomic mass is 10.0. The van der Waals surface area contributed by atoms with Gasteiger partial charge in [0.1, 0.15) is 0 Å². The van der Waals surface area contributed by atoms with E-state index in [1.807, 2.05) is 24.3 Å². The van der Waals surface area contributed by atoms with E-state index in [2.05, 4.69) is 12.2 Å². The Hall–Kier alpha value is -2.87. The monoisotopic (exact) mass is 455 g/mol. The first kappa shape index (κ1) is 22.3. The maximum Gasteiger partial charge on any atom is 0.264 e. The maximum atomic E-state index is 13.2. The average molecular weight is 456 g/mol. The number of hydrogen-bond donors (Lipinski definition) is 1. The molecule has 0 saturated carbocycles. The number of carbonyl (C=O) groups excluding carboxylic acids is 2. The molecule has 170 valence electrons. The van der Waals surface area contributed by atoms with Crippen LogP contribution in [-0.4, -0.2) is 44.8 Å². The first-order valence-electron chi connectivity index (χ1n) is 11.2. The predicted molar refractivity (Wildman–Crippen MR) is 124 cm³/mol. The molecule has 0 spiro atoms. The summed E-state index contributed by atoms with van der Waals surface area (Å²) in [7, 11) is -3.69. The lowest BCUT2D eigenvalue weighted by Gasteiger charge is -2.30. The fraction of sp³-hybridized carbons (Fsp3) is 0.417. The summed E-state index contributed by atoms with van der Waals surface area (Å²) in [6.07, 6.45) is 3.79. The Morgan fingerprint density at radius 1 is 1.12 bits per heavy atom. The highest BCUT2D eigenvalue weighted by atomic mass is 32.2. The Morgan fingerprint density at radius 2 is 1.88 bits per heavy atom. The number of nitrogens with zero attached hydrogens (tertiary/aromatic N) is 2. The van der Waals surface area contributed by atoms with Gasteiger partial charge in [-0.2, -0.15) is 0 Å². The van der Waals surface area contributed by atoms with Crippen LogP contribution in [0.4, 0.5) is 11.4 Å². The van der Waals surface area contributed by atoms with Gasteiger partial charge in [-0.25, -0.2) is 8.42 Å². The van der Waals surface area contributed by atoms with Crippen LogP contribution >= 0.6 is 0 Å². The Labute approximate surface area is 189 Å². The van der Waals surface area contributed by atoms with E-state index in [-0.39, 0.29) is 29.0 Å². The molecule has 4 rings (SSSR count). The van der Waals surface area contributed by atoms with Gasteiger partial charge in [0.25, 0.3) is 10.0 Å². The number of fused-ring (bicyclic) bond motifs is 1. The van der Waals surface area contributed by atoms with Crippen LogP contribution in [-0.2, 0) is 26.0 Å². The molecule has 7 nitrogen and oxygen atoms in total. The molecule has 2 aromatic carbocycles. The number of amides is 2. The lowest BCUT2D eigenvalue weighted by Crippen LogP contribution is -2.35. The van der Waals surface area contributed by atoms with E-state index in [0.29, 0.717) is 25.3 Å². The molecule has 0 aromatic heterocycles. The molecule has 2 amide bonds. The zero-order valence-electron chi connectivity index (χ0n) is 18.3. The van der Waals surface area contributed by atoms with E-state index >= 15 is 0 Å². The maximum absolute atomic E-state index is 13.2. The van der Waals surface area contributed by atoms with Crippen molar-refractivity contribution in [2.24, 2.45) is 5.92 Å². The van der Waals surface area contributed by atoms with Crippen molar-refractivity contribution in [1.29, 1.82) is 0 Å². The molecule has 0 bridgehead atoms. The zero-order valence-corrected chi connectivity index (χ0v) is 19.1. The number of rotatable bonds is 7. The van der Waals surface area contributed by atoms with E-state index < -0.39 is 10.0 Å². The largest absolute Gasteiger partial charge is 0.342 e. The van der Waals surface area contributed by atoms with Crippen LogP contribution in [0, 0.1) is 5.92 Å². The number of anilines is 2. The van der Waals surface area contributed by atoms with Crippen molar-refractivity contribution in [3.05, 3.63) is 54.1 Å². The van der Waals surface area contributed by atoms with E-state index in [1.54, 1.807) is 17.0 Å². The van der Waals surface area contributed by atoms with Gasteiger partial charge in [0, 0.05) is 31.7 Å². The zero-order chi connectivity index (χ0) is 22.7. The third-order valence-corrected chi connectivity index (χ3v) is 7.97. The van der Waals surface area contributed by atoms with Gasteiger partial charge in [0.15, 0.2) is 0 Å². The van der Waals surface area contributed by atoms with Crippen molar-refractivity contribution in [2.75, 3.05) is 29.3 Å². The standard InChI is InChI=1S/C24H29N3O4S/c1-2-3-14-26-17-19(16-23(26)28)24(29)25-20-10-12-21(13-11-20)32(30,31)27-15-6-8-18-7-4-5-9-22(18)27/h4-5,7,9-13,19H,2-3,6,8,14-17H2,1H3,(H,25,29)/t19-/m0/s1. The number of hydrogen-bond acceptors (Lipinski definition) is 4. The number of carbonyl (C=O) groups is 2. The van der Waals surface area contributed by atoms with E-state index in [4.69, 9.17) is 0 Å². The SMILES string of the molecule is CCCCN1C[C@@H](C(=O)Nc2ccc(S(=O)(=O)N3CCCc4ccccc43)cc2)CC1=O. The minimum absolute atomic E-state index is 0.0156. The topological polar surface area (TPSA) is 86.8 Å². The van der Waals surface area contributed by atoms with Crippen LogP contribution in [0.15, 0.2) is 53.4 Å². The Bertz CT molecular complexity index is 1100. The van der Waals surface area contributed by atoms with E-state index in [0.717, 1.165) is 36.9 Å². The molecule has 0 unspecified atom stereocenters. The van der Waals surface area contributed by atoms with Crippen LogP contribution in [0.2, 0.25) is 0 Å². The third kappa shape index (κ3) is 4.50. The fourth-order valence-electron chi connectivity index (χ4n) is 4.34. The molecule has 2 aromatic rings. The van der Waals surface area contributed by atoms with Gasteiger partial charge >= 0.3 is 0 Å². The van der Waals surface area contributed by atoms with E-state index in [1.165, 1.54) is 16.4 Å². The molecular formula is C24H29N3O4S. The summed E-state index contributed by atoms with van der Waals surface area (Å²) in [6, 6.07) is 13.8. The van der Waals surface area contributed by atoms with Crippen LogP contribution in [0.3, 0.4) is 0 Å². The molecule has 2 heterocycles. The Kier molecular flexibility index (Phi) is 6.50. The van der Waals surface area contributed by atoms with Crippen molar-refractivity contribution in [3.63, 3.8) is 0 Å². The number of para-hydroxylation sites is 1. The van der Waals surface area contributed by atoms with Crippen LogP contribution < -0.4 is 9.62 Å². The van der Waals surface area contributed by atoms with Gasteiger partial charge in [-0.15, -0.1) is 0 Å². The summed E-state index contributed by atoms with van der Waals surface area (Å²) in [4.78, 5) is 26.7. The number of likely N-dealkylation sites (tertiary alicyclic amines) is 1. The van der Waals surface area contributed by atoms with Gasteiger partial charge in [-0.05, 0) is 55.2 Å². The van der Waals surface area contributed by atoms with Crippen LogP contribution in [0.1, 0.15) is 38.2 Å². The minimum atomic E-state index is -3.69. The van der Waals surface area contributed by atoms with Gasteiger partial charge in [-0.1, -0.05) is 31.5 Å². The summed E-state index contributed by atoms with van der Waals surface area (Å²) in [5, 5.41) is 2.83. The number of benzene rings is 2. The van der Waals surface area contributed by atoms with Crippen LogP contribution in [0.25, 0.3) is 0 Å². The van der Waals surface area contributed by atoms with Crippen molar-refractivity contribution < 1.29 is 18.0 Å². The van der Waals surface area contributed by atoms with Crippen molar-refractivity contribution >= 4 is 33.2 Å². The molecular weight excluding hydrogens is 426 g/mol. The number of unbranched alkanes of at least 4 members (excludes halogenated alkanes) is 1. The van der Waals surface area contributed by atoms with Gasteiger partial charge in [-0.3, -0.25) is 13.9 Å². The van der Waals surface area contributed by atoms with Gasteiger partial charge < -0.3 is 10.2 Å². The number of aryl methyl sites for hydroxylation is 1. The smallest absolute Gasteiger partial charge is 0.264 e. The highest BCUT2D eigenvalue weighted by Crippen LogP contribution is 2.32. The minimum Gasteiger partial charge on any atom is -0.342 e. The molecule has 2 aliphatic heterocycles. The third-order valence-electron chi connectivity index (χ3n) is 6.14. The molecule has 1 N–H and O–H groups in total. The highest BCUT2D eigenvalue weighted by molar-refractivity contribution is 7.92. The van der Waals surface area contributed by atoms with Crippen molar-refractivity contribution in [2.45, 2.75) is 43.9 Å². The highest BCUT2D eigenvalue weighted by Gasteiger charge is 2.34. The van der Waals surface area contributed by atoms with Gasteiger partial charge in [0.2, 0.25) is 11.8 Å². The molecule has 32 heavy (non-hydrogen) atoms. The molecule has 1 saturated heterocycles. The summed E-state index contributed by atoms with van der Waals surface area (Å²) in [5.74, 6) is -0.576. The first-order valence-corrected chi connectivity index (χ1v) is 12.6. The number of nitrogens with one attached hydrogen (secondary N) is 1. The molecule has 1 fully saturated rings. The predicted octanol–water partition coefficient (Wildman–Crippen LogP) is 3.42. The summed E-state index contributed by atoms with van der Waals surface area (Å²) < 4.78 is 28.0. The van der Waals surface area contributed by atoms with Crippen molar-refractivity contribution in [3.8, 4) is 0 Å². The summed E-state index contributed by atoms with van der Waals surface area (Å²) >= 11 is 0. The molecule has 1 atom stereocenters. The second kappa shape index (κ2) is 9.32. The molecule has 0 radical (unpaired) electrons. The van der Waals surface area contributed by atoms with Crippen LogP contribution in [0.5, 0.6) is 0 Å². The molecule has 2 aliphatic rings. The second-order valence-corrected chi connectivity index (χ2v) is 10.3. The second-order valence-electron chi connectivity index (χ2n) is 8.42. The number of sulfonamides is 1. The first-order chi connectivity index (χ1) is 15.4. The summed E-state index contributed by atoms with van der Waals surface area (Å²) in [5.41, 5.74) is 2.28.